The summed E-state index contributed by atoms with van der Waals surface area (Å²) in [6, 6.07) is 12.0. The minimum absolute atomic E-state index is 0.0786. The molecule has 0 unspecified atom stereocenters. The summed E-state index contributed by atoms with van der Waals surface area (Å²) in [6.45, 7) is 7.59. The van der Waals surface area contributed by atoms with Gasteiger partial charge in [0.05, 0.1) is 17.9 Å². The highest BCUT2D eigenvalue weighted by molar-refractivity contribution is 5.94. The molecular weight excluding hydrogens is 390 g/mol. The number of hydrogen-bond acceptors (Lipinski definition) is 6. The highest BCUT2D eigenvalue weighted by Gasteiger charge is 2.18. The molecule has 1 aromatic carbocycles. The van der Waals surface area contributed by atoms with Crippen LogP contribution in [-0.4, -0.2) is 55.1 Å². The van der Waals surface area contributed by atoms with Gasteiger partial charge < -0.3 is 15.0 Å². The number of nitrogens with one attached hydrogen (secondary N) is 1. The van der Waals surface area contributed by atoms with Gasteiger partial charge in [-0.3, -0.25) is 9.69 Å². The summed E-state index contributed by atoms with van der Waals surface area (Å²) in [7, 11) is 0. The van der Waals surface area contributed by atoms with E-state index >= 15 is 0 Å². The third-order valence-corrected chi connectivity index (χ3v) is 6.00. The molecule has 1 aromatic heterocycles. The number of nitriles is 1. The molecule has 1 fully saturated rings. The zero-order chi connectivity index (χ0) is 21.6. The first kappa shape index (κ1) is 21.1. The SMILES string of the molecule is Cc1nc(N2CCN(CCCCOc3ccc4c(c3)NC(=O)CC4)CC2)ccc1C#N. The van der Waals surface area contributed by atoms with Crippen molar-refractivity contribution in [1.29, 1.82) is 5.26 Å². The Hall–Kier alpha value is -3.11. The molecule has 0 bridgehead atoms. The number of aromatic nitrogens is 1. The lowest BCUT2D eigenvalue weighted by atomic mass is 10.0. The van der Waals surface area contributed by atoms with Gasteiger partial charge >= 0.3 is 0 Å². The monoisotopic (exact) mass is 419 g/mol. The smallest absolute Gasteiger partial charge is 0.224 e. The summed E-state index contributed by atoms with van der Waals surface area (Å²) in [5.74, 6) is 1.86. The first-order valence-corrected chi connectivity index (χ1v) is 11.0. The molecule has 0 radical (unpaired) electrons. The normalized spacial score (nSPS) is 16.4. The maximum Gasteiger partial charge on any atom is 0.224 e. The predicted molar refractivity (Wildman–Crippen MR) is 120 cm³/mol. The predicted octanol–water partition coefficient (Wildman–Crippen LogP) is 3.13. The number of pyridine rings is 1. The Labute approximate surface area is 183 Å². The van der Waals surface area contributed by atoms with Crippen LogP contribution in [-0.2, 0) is 11.2 Å². The number of amides is 1. The van der Waals surface area contributed by atoms with Crippen LogP contribution in [0.2, 0.25) is 0 Å². The molecule has 162 valence electrons. The molecule has 4 rings (SSSR count). The number of rotatable bonds is 7. The Morgan fingerprint density at radius 1 is 1.13 bits per heavy atom. The molecule has 31 heavy (non-hydrogen) atoms. The van der Waals surface area contributed by atoms with Crippen molar-refractivity contribution in [3.63, 3.8) is 0 Å². The van der Waals surface area contributed by atoms with Crippen molar-refractivity contribution in [2.75, 3.05) is 49.5 Å². The third-order valence-electron chi connectivity index (χ3n) is 6.00. The minimum atomic E-state index is 0.0786. The first-order chi connectivity index (χ1) is 15.1. The molecule has 0 spiro atoms. The highest BCUT2D eigenvalue weighted by atomic mass is 16.5. The van der Waals surface area contributed by atoms with Crippen LogP contribution in [0.1, 0.15) is 36.1 Å². The van der Waals surface area contributed by atoms with Gasteiger partial charge in [-0.05, 0) is 56.5 Å². The van der Waals surface area contributed by atoms with Gasteiger partial charge in [-0.15, -0.1) is 0 Å². The van der Waals surface area contributed by atoms with Crippen LogP contribution in [0.25, 0.3) is 0 Å². The van der Waals surface area contributed by atoms with Gasteiger partial charge in [-0.1, -0.05) is 6.07 Å². The van der Waals surface area contributed by atoms with Gasteiger partial charge in [0.1, 0.15) is 17.6 Å². The van der Waals surface area contributed by atoms with E-state index in [1.807, 2.05) is 37.3 Å². The molecule has 1 amide bonds. The fraction of sp³-hybridized carbons (Fsp3) is 0.458. The van der Waals surface area contributed by atoms with E-state index in [4.69, 9.17) is 10.00 Å². The lowest BCUT2D eigenvalue weighted by Crippen LogP contribution is -2.47. The number of unbranched alkanes of at least 4 members (excludes halogenated alkanes) is 1. The number of nitrogens with zero attached hydrogens (tertiary/aromatic N) is 4. The van der Waals surface area contributed by atoms with Crippen LogP contribution in [0.5, 0.6) is 5.75 Å². The summed E-state index contributed by atoms with van der Waals surface area (Å²) in [6.07, 6.45) is 3.45. The average molecular weight is 420 g/mol. The van der Waals surface area contributed by atoms with Crippen molar-refractivity contribution in [3.8, 4) is 11.8 Å². The standard InChI is InChI=1S/C24H29N5O2/c1-18-20(17-25)5-8-23(26-18)29-13-11-28(12-14-29)10-2-3-15-31-21-7-4-19-6-9-24(30)27-22(19)16-21/h4-5,7-8,16H,2-3,6,9-15H2,1H3,(H,27,30). The number of ether oxygens (including phenoxy) is 1. The van der Waals surface area contributed by atoms with Gasteiger partial charge in [0.2, 0.25) is 5.91 Å². The molecule has 2 aliphatic rings. The number of carbonyl (C=O) groups excluding carboxylic acids is 1. The Kier molecular flexibility index (Phi) is 6.68. The second-order valence-corrected chi connectivity index (χ2v) is 8.17. The number of piperazine rings is 1. The van der Waals surface area contributed by atoms with Crippen molar-refractivity contribution in [3.05, 3.63) is 47.2 Å². The molecular formula is C24H29N5O2. The number of aryl methyl sites for hydroxylation is 2. The van der Waals surface area contributed by atoms with E-state index in [0.717, 1.165) is 74.9 Å². The topological polar surface area (TPSA) is 81.5 Å². The zero-order valence-electron chi connectivity index (χ0n) is 18.1. The lowest BCUT2D eigenvalue weighted by Gasteiger charge is -2.35. The number of carbonyl (C=O) groups is 1. The Balaban J connectivity index is 1.15. The number of anilines is 2. The molecule has 0 atom stereocenters. The van der Waals surface area contributed by atoms with Gasteiger partial charge in [-0.2, -0.15) is 5.26 Å². The van der Waals surface area contributed by atoms with Crippen LogP contribution >= 0.6 is 0 Å². The number of hydrogen-bond donors (Lipinski definition) is 1. The van der Waals surface area contributed by atoms with Gasteiger partial charge in [0.15, 0.2) is 0 Å². The average Bonchev–Trinajstić information content (AvgIpc) is 2.79. The quantitative estimate of drug-likeness (QED) is 0.695. The van der Waals surface area contributed by atoms with Crippen molar-refractivity contribution in [1.82, 2.24) is 9.88 Å². The summed E-state index contributed by atoms with van der Waals surface area (Å²) in [5, 5.41) is 12.0. The second kappa shape index (κ2) is 9.80. The van der Waals surface area contributed by atoms with Crippen molar-refractivity contribution in [2.24, 2.45) is 0 Å². The lowest BCUT2D eigenvalue weighted by molar-refractivity contribution is -0.116. The van der Waals surface area contributed by atoms with Crippen molar-refractivity contribution >= 4 is 17.4 Å². The zero-order valence-corrected chi connectivity index (χ0v) is 18.1. The molecule has 3 heterocycles. The fourth-order valence-corrected chi connectivity index (χ4v) is 4.11. The first-order valence-electron chi connectivity index (χ1n) is 11.0. The maximum absolute atomic E-state index is 11.6. The second-order valence-electron chi connectivity index (χ2n) is 8.17. The maximum atomic E-state index is 11.6. The summed E-state index contributed by atoms with van der Waals surface area (Å²) in [5.41, 5.74) is 3.50. The fourth-order valence-electron chi connectivity index (χ4n) is 4.11. The van der Waals surface area contributed by atoms with E-state index in [1.54, 1.807) is 0 Å². The summed E-state index contributed by atoms with van der Waals surface area (Å²) >= 11 is 0. The molecule has 2 aliphatic heterocycles. The van der Waals surface area contributed by atoms with Crippen LogP contribution < -0.4 is 15.0 Å². The molecule has 0 saturated carbocycles. The Morgan fingerprint density at radius 2 is 1.97 bits per heavy atom. The van der Waals surface area contributed by atoms with Crippen LogP contribution in [0.4, 0.5) is 11.5 Å². The minimum Gasteiger partial charge on any atom is -0.494 e. The third kappa shape index (κ3) is 5.33. The summed E-state index contributed by atoms with van der Waals surface area (Å²) in [4.78, 5) is 20.9. The number of benzene rings is 1. The molecule has 1 N–H and O–H groups in total. The van der Waals surface area contributed by atoms with E-state index in [2.05, 4.69) is 26.2 Å². The number of fused-ring (bicyclic) bond motifs is 1. The molecule has 1 saturated heterocycles. The highest BCUT2D eigenvalue weighted by Crippen LogP contribution is 2.27. The van der Waals surface area contributed by atoms with Crippen LogP contribution in [0, 0.1) is 18.3 Å². The van der Waals surface area contributed by atoms with E-state index in [0.29, 0.717) is 18.6 Å². The van der Waals surface area contributed by atoms with Crippen molar-refractivity contribution < 1.29 is 9.53 Å². The Bertz CT molecular complexity index is 976. The largest absolute Gasteiger partial charge is 0.494 e. The van der Waals surface area contributed by atoms with E-state index in [1.165, 1.54) is 5.56 Å². The molecule has 0 aliphatic carbocycles. The molecule has 2 aromatic rings. The molecule has 7 heteroatoms. The van der Waals surface area contributed by atoms with E-state index in [-0.39, 0.29) is 5.91 Å². The van der Waals surface area contributed by atoms with E-state index < -0.39 is 0 Å². The Morgan fingerprint density at radius 3 is 2.74 bits per heavy atom. The van der Waals surface area contributed by atoms with Gasteiger partial charge in [0.25, 0.3) is 0 Å². The molecule has 7 nitrogen and oxygen atoms in total. The van der Waals surface area contributed by atoms with Gasteiger partial charge in [0, 0.05) is 44.4 Å². The van der Waals surface area contributed by atoms with E-state index in [9.17, 15) is 4.79 Å². The van der Waals surface area contributed by atoms with Crippen molar-refractivity contribution in [2.45, 2.75) is 32.6 Å². The summed E-state index contributed by atoms with van der Waals surface area (Å²) < 4.78 is 5.89. The van der Waals surface area contributed by atoms with Crippen LogP contribution in [0.3, 0.4) is 0 Å². The van der Waals surface area contributed by atoms with Gasteiger partial charge in [-0.25, -0.2) is 4.98 Å². The van der Waals surface area contributed by atoms with Crippen LogP contribution in [0.15, 0.2) is 30.3 Å².